The molecule has 2 fully saturated rings. The fourth-order valence-corrected chi connectivity index (χ4v) is 7.24. The molecule has 226 valence electrons. The van der Waals surface area contributed by atoms with Crippen LogP contribution in [0.4, 0.5) is 11.4 Å². The van der Waals surface area contributed by atoms with E-state index in [1.807, 2.05) is 41.7 Å². The highest BCUT2D eigenvalue weighted by Gasteiger charge is 2.57. The summed E-state index contributed by atoms with van der Waals surface area (Å²) in [6.07, 6.45) is 3.11. The first kappa shape index (κ1) is 31.2. The molecule has 3 aliphatic rings. The Hall–Kier alpha value is -3.27. The minimum absolute atomic E-state index is 0.0887. The van der Waals surface area contributed by atoms with E-state index in [0.29, 0.717) is 28.6 Å². The molecule has 2 aromatic rings. The number of nitro benzene ring substituents is 1. The summed E-state index contributed by atoms with van der Waals surface area (Å²) < 4.78 is 17.5. The van der Waals surface area contributed by atoms with Crippen LogP contribution in [0.1, 0.15) is 31.7 Å². The molecule has 0 radical (unpaired) electrons. The van der Waals surface area contributed by atoms with Crippen molar-refractivity contribution in [2.75, 3.05) is 25.7 Å². The largest absolute Gasteiger partial charge is 0.504 e. The van der Waals surface area contributed by atoms with Crippen LogP contribution in [0.15, 0.2) is 53.1 Å². The summed E-state index contributed by atoms with van der Waals surface area (Å²) >= 11 is 2.05. The Bertz CT molecular complexity index is 1530. The van der Waals surface area contributed by atoms with Gasteiger partial charge in [0.1, 0.15) is 0 Å². The quantitative estimate of drug-likeness (QED) is 0.0944. The maximum absolute atomic E-state index is 13.9. The molecule has 2 saturated heterocycles. The minimum atomic E-state index is -1.12. The number of imide groups is 1. The molecule has 43 heavy (non-hydrogen) atoms. The number of carbonyl (C=O) groups excluding carboxylic acids is 2. The molecule has 0 spiro atoms. The number of phenols is 1. The second-order valence-corrected chi connectivity index (χ2v) is 12.3. The molecular formula is C30H32BIN2O9. The number of carbonyl (C=O) groups is 2. The average Bonchev–Trinajstić information content (AvgIpc) is 3.22. The molecular weight excluding hydrogens is 670 g/mol. The van der Waals surface area contributed by atoms with Gasteiger partial charge < -0.3 is 24.3 Å². The van der Waals surface area contributed by atoms with Gasteiger partial charge >= 0.3 is 7.12 Å². The molecule has 4 atom stereocenters. The Labute approximate surface area is 262 Å². The van der Waals surface area contributed by atoms with Crippen molar-refractivity contribution in [3.05, 3.63) is 72.4 Å². The first-order valence-electron chi connectivity index (χ1n) is 13.9. The third-order valence-corrected chi connectivity index (χ3v) is 9.23. The Kier molecular flexibility index (Phi) is 9.25. The number of anilines is 1. The van der Waals surface area contributed by atoms with E-state index < -0.39 is 47.7 Å². The first-order chi connectivity index (χ1) is 20.5. The summed E-state index contributed by atoms with van der Waals surface area (Å²) in [7, 11) is 1.95. The smallest absolute Gasteiger partial charge is 0.455 e. The van der Waals surface area contributed by atoms with Crippen molar-refractivity contribution in [3.8, 4) is 11.5 Å². The van der Waals surface area contributed by atoms with Crippen LogP contribution < -0.4 is 9.64 Å². The number of fused-ring (bicyclic) bond motifs is 3. The number of phenolic OH excluding ortho intramolecular Hbond substituents is 1. The van der Waals surface area contributed by atoms with Gasteiger partial charge in [-0.2, -0.15) is 0 Å². The Morgan fingerprint density at radius 3 is 2.70 bits per heavy atom. The topological polar surface area (TPSA) is 149 Å². The zero-order valence-electron chi connectivity index (χ0n) is 24.0. The summed E-state index contributed by atoms with van der Waals surface area (Å²) in [5, 5.41) is 32.3. The highest BCUT2D eigenvalue weighted by atomic mass is 127. The zero-order chi connectivity index (χ0) is 31.0. The van der Waals surface area contributed by atoms with Crippen LogP contribution in [0, 0.1) is 31.4 Å². The lowest BCUT2D eigenvalue weighted by atomic mass is 9.58. The van der Waals surface area contributed by atoms with Crippen molar-refractivity contribution in [2.24, 2.45) is 17.8 Å². The molecule has 13 heteroatoms. The number of hydrogen-bond donors (Lipinski definition) is 2. The molecule has 2 amide bonds. The third kappa shape index (κ3) is 6.08. The summed E-state index contributed by atoms with van der Waals surface area (Å²) in [6, 6.07) is 9.14. The number of aromatic hydroxyl groups is 1. The van der Waals surface area contributed by atoms with Gasteiger partial charge in [-0.1, -0.05) is 17.7 Å². The number of allylic oxidation sites excluding steroid dienone is 1. The molecule has 2 heterocycles. The van der Waals surface area contributed by atoms with E-state index in [1.165, 1.54) is 31.4 Å². The van der Waals surface area contributed by atoms with E-state index in [2.05, 4.69) is 0 Å². The van der Waals surface area contributed by atoms with Gasteiger partial charge in [-0.05, 0) is 95.9 Å². The minimum Gasteiger partial charge on any atom is -0.504 e. The predicted octanol–water partition coefficient (Wildman–Crippen LogP) is 4.75. The first-order valence-corrected chi connectivity index (χ1v) is 15.0. The number of benzene rings is 2. The Balaban J connectivity index is 1.42. The van der Waals surface area contributed by atoms with Crippen LogP contribution in [-0.2, 0) is 19.0 Å². The molecule has 0 aromatic heterocycles. The Morgan fingerprint density at radius 2 is 2.00 bits per heavy atom. The normalized spacial score (nSPS) is 23.9. The van der Waals surface area contributed by atoms with E-state index in [0.717, 1.165) is 27.2 Å². The summed E-state index contributed by atoms with van der Waals surface area (Å²) in [5.74, 6) is -2.17. The highest BCUT2D eigenvalue weighted by Crippen LogP contribution is 2.51. The van der Waals surface area contributed by atoms with E-state index in [9.17, 15) is 29.8 Å². The van der Waals surface area contributed by atoms with Crippen LogP contribution in [0.25, 0.3) is 6.08 Å². The van der Waals surface area contributed by atoms with E-state index in [-0.39, 0.29) is 30.1 Å². The fraction of sp³-hybridized carbons (Fsp3) is 0.400. The van der Waals surface area contributed by atoms with E-state index >= 15 is 0 Å². The van der Waals surface area contributed by atoms with Crippen LogP contribution in [0.3, 0.4) is 0 Å². The van der Waals surface area contributed by atoms with E-state index in [4.69, 9.17) is 14.1 Å². The summed E-state index contributed by atoms with van der Waals surface area (Å²) in [5.41, 5.74) is 3.64. The molecule has 11 nitrogen and oxygen atoms in total. The SMILES string of the molecule is COCC1=C2[C@@H](CC/C(C)=C/c3cc(I)c(O)c(OC)c3)OB(O)C[C@@H]2[C@@H]2C(=O)N(c3cccc([N+](=O)[O-])c3)C(=O)[C@@H]2C1. The number of ether oxygens (including phenoxy) is 2. The summed E-state index contributed by atoms with van der Waals surface area (Å²) in [6.45, 7) is 2.24. The van der Waals surface area contributed by atoms with Crippen LogP contribution in [-0.4, -0.2) is 60.9 Å². The number of non-ortho nitro benzene ring substituents is 1. The Morgan fingerprint density at radius 1 is 1.23 bits per heavy atom. The van der Waals surface area contributed by atoms with Gasteiger partial charge in [0.2, 0.25) is 11.8 Å². The van der Waals surface area contributed by atoms with Crippen LogP contribution in [0.5, 0.6) is 11.5 Å². The number of methoxy groups -OCH3 is 2. The van der Waals surface area contributed by atoms with E-state index in [1.54, 1.807) is 13.2 Å². The van der Waals surface area contributed by atoms with Gasteiger partial charge in [0.05, 0.1) is 45.8 Å². The molecule has 0 saturated carbocycles. The zero-order valence-corrected chi connectivity index (χ0v) is 26.1. The van der Waals surface area contributed by atoms with Gasteiger partial charge in [-0.25, -0.2) is 4.90 Å². The number of halogens is 1. The van der Waals surface area contributed by atoms with Gasteiger partial charge in [0, 0.05) is 19.2 Å². The number of nitro groups is 1. The van der Waals surface area contributed by atoms with Crippen molar-refractivity contribution in [1.29, 1.82) is 0 Å². The van der Waals surface area contributed by atoms with Crippen molar-refractivity contribution < 1.29 is 38.8 Å². The lowest BCUT2D eigenvalue weighted by Crippen LogP contribution is -2.46. The maximum Gasteiger partial charge on any atom is 0.455 e. The van der Waals surface area contributed by atoms with Crippen LogP contribution in [0.2, 0.25) is 6.32 Å². The predicted molar refractivity (Wildman–Crippen MR) is 167 cm³/mol. The standard InChI is InChI=1S/C30H32BIN2O9/c1-16(9-17-10-23(32)28(35)25(11-17)42-3)7-8-24-26-18(15-41-2)12-21-27(22(26)14-31(38)43-24)30(37)33(29(21)36)19-5-4-6-20(13-19)34(39)40/h4-6,9-11,13,21-22,24,27,35,38H,7-8,12,14-15H2,1-3H3/b16-9+/t21-,22+,24-,27-/m1/s1. The van der Waals surface area contributed by atoms with Crippen molar-refractivity contribution in [2.45, 2.75) is 38.6 Å². The summed E-state index contributed by atoms with van der Waals surface area (Å²) in [4.78, 5) is 39.4. The lowest BCUT2D eigenvalue weighted by Gasteiger charge is -2.43. The monoisotopic (exact) mass is 702 g/mol. The van der Waals surface area contributed by atoms with Gasteiger partial charge in [0.25, 0.3) is 5.69 Å². The fourth-order valence-electron chi connectivity index (χ4n) is 6.62. The van der Waals surface area contributed by atoms with Gasteiger partial charge in [-0.3, -0.25) is 19.7 Å². The molecule has 0 unspecified atom stereocenters. The number of amides is 2. The second-order valence-electron chi connectivity index (χ2n) is 11.1. The van der Waals surface area contributed by atoms with Crippen LogP contribution >= 0.6 is 22.6 Å². The molecule has 2 aromatic carbocycles. The molecule has 0 bridgehead atoms. The second kappa shape index (κ2) is 12.8. The lowest BCUT2D eigenvalue weighted by molar-refractivity contribution is -0.384. The highest BCUT2D eigenvalue weighted by molar-refractivity contribution is 14.1. The third-order valence-electron chi connectivity index (χ3n) is 8.41. The van der Waals surface area contributed by atoms with Gasteiger partial charge in [0.15, 0.2) is 11.5 Å². The maximum atomic E-state index is 13.9. The average molecular weight is 702 g/mol. The molecule has 5 rings (SSSR count). The number of rotatable bonds is 9. The number of nitrogens with zero attached hydrogens (tertiary/aromatic N) is 2. The van der Waals surface area contributed by atoms with Crippen molar-refractivity contribution in [1.82, 2.24) is 0 Å². The van der Waals surface area contributed by atoms with Crippen molar-refractivity contribution in [3.63, 3.8) is 0 Å². The molecule has 2 aliphatic heterocycles. The molecule has 2 N–H and O–H groups in total. The van der Waals surface area contributed by atoms with Crippen molar-refractivity contribution >= 4 is 59.0 Å². The number of hydrogen-bond acceptors (Lipinski definition) is 9. The molecule has 1 aliphatic carbocycles. The van der Waals surface area contributed by atoms with Gasteiger partial charge in [-0.15, -0.1) is 0 Å².